The average Bonchev–Trinajstić information content (AvgIpc) is 2.64. The highest BCUT2D eigenvalue weighted by molar-refractivity contribution is 4.68. The minimum absolute atomic E-state index is 0.327. The summed E-state index contributed by atoms with van der Waals surface area (Å²) >= 11 is 0. The van der Waals surface area contributed by atoms with E-state index in [1.165, 1.54) is 38.6 Å². The van der Waals surface area contributed by atoms with Crippen LogP contribution < -0.4 is 0 Å². The Bertz CT molecular complexity index is 121. The van der Waals surface area contributed by atoms with Gasteiger partial charge >= 0.3 is 0 Å². The molecule has 0 amide bonds. The van der Waals surface area contributed by atoms with Crippen LogP contribution in [0.1, 0.15) is 38.5 Å². The van der Waals surface area contributed by atoms with Gasteiger partial charge < -0.3 is 10.0 Å². The maximum absolute atomic E-state index is 8.67. The molecule has 78 valence electrons. The lowest BCUT2D eigenvalue weighted by Crippen LogP contribution is -2.23. The third-order valence-corrected chi connectivity index (χ3v) is 3.09. The normalized spacial score (nSPS) is 18.7. The van der Waals surface area contributed by atoms with Crippen LogP contribution in [0.15, 0.2) is 0 Å². The number of nitrogens with zero attached hydrogens (tertiary/aromatic N) is 1. The fourth-order valence-corrected chi connectivity index (χ4v) is 2.15. The van der Waals surface area contributed by atoms with Gasteiger partial charge in [0.1, 0.15) is 0 Å². The molecule has 2 nitrogen and oxygen atoms in total. The standard InChI is InChI=1S/C11H23NO/c1-12(8-4-10-13)9-7-11-5-2-3-6-11/h11,13H,2-10H2,1H3. The Kier molecular flexibility index (Phi) is 5.40. The van der Waals surface area contributed by atoms with Crippen molar-refractivity contribution in [3.63, 3.8) is 0 Å². The first-order valence-corrected chi connectivity index (χ1v) is 5.62. The van der Waals surface area contributed by atoms with Crippen molar-refractivity contribution in [3.8, 4) is 0 Å². The summed E-state index contributed by atoms with van der Waals surface area (Å²) in [7, 11) is 2.16. The van der Waals surface area contributed by atoms with E-state index >= 15 is 0 Å². The molecule has 0 aliphatic heterocycles. The molecule has 0 spiro atoms. The van der Waals surface area contributed by atoms with Gasteiger partial charge in [0.15, 0.2) is 0 Å². The Balaban J connectivity index is 1.97. The van der Waals surface area contributed by atoms with Gasteiger partial charge in [-0.3, -0.25) is 0 Å². The fraction of sp³-hybridized carbons (Fsp3) is 1.00. The zero-order chi connectivity index (χ0) is 9.52. The lowest BCUT2D eigenvalue weighted by molar-refractivity contribution is 0.239. The van der Waals surface area contributed by atoms with Crippen LogP contribution in [0.2, 0.25) is 0 Å². The molecule has 1 aliphatic carbocycles. The maximum Gasteiger partial charge on any atom is 0.0443 e. The summed E-state index contributed by atoms with van der Waals surface area (Å²) in [5, 5.41) is 8.67. The van der Waals surface area contributed by atoms with Gasteiger partial charge in [0.2, 0.25) is 0 Å². The van der Waals surface area contributed by atoms with Crippen molar-refractivity contribution in [1.82, 2.24) is 4.90 Å². The van der Waals surface area contributed by atoms with Crippen LogP contribution in [0.5, 0.6) is 0 Å². The van der Waals surface area contributed by atoms with Gasteiger partial charge in [0.05, 0.1) is 0 Å². The van der Waals surface area contributed by atoms with E-state index in [1.807, 2.05) is 0 Å². The predicted molar refractivity (Wildman–Crippen MR) is 55.8 cm³/mol. The second-order valence-electron chi connectivity index (χ2n) is 4.32. The second kappa shape index (κ2) is 6.39. The van der Waals surface area contributed by atoms with Crippen molar-refractivity contribution in [2.24, 2.45) is 5.92 Å². The molecular weight excluding hydrogens is 162 g/mol. The summed E-state index contributed by atoms with van der Waals surface area (Å²) in [5.74, 6) is 0.997. The monoisotopic (exact) mass is 185 g/mol. The third kappa shape index (κ3) is 4.63. The van der Waals surface area contributed by atoms with Crippen LogP contribution in [0.4, 0.5) is 0 Å². The van der Waals surface area contributed by atoms with E-state index in [-0.39, 0.29) is 0 Å². The summed E-state index contributed by atoms with van der Waals surface area (Å²) in [5.41, 5.74) is 0. The lowest BCUT2D eigenvalue weighted by Gasteiger charge is -2.18. The molecular formula is C11H23NO. The molecule has 1 saturated carbocycles. The fourth-order valence-electron chi connectivity index (χ4n) is 2.15. The molecule has 0 heterocycles. The maximum atomic E-state index is 8.67. The van der Waals surface area contributed by atoms with Crippen LogP contribution in [-0.2, 0) is 0 Å². The van der Waals surface area contributed by atoms with Crippen LogP contribution in [-0.4, -0.2) is 36.8 Å². The van der Waals surface area contributed by atoms with Crippen molar-refractivity contribution < 1.29 is 5.11 Å². The molecule has 0 atom stereocenters. The van der Waals surface area contributed by atoms with E-state index in [9.17, 15) is 0 Å². The molecule has 13 heavy (non-hydrogen) atoms. The second-order valence-corrected chi connectivity index (χ2v) is 4.32. The molecule has 0 unspecified atom stereocenters. The van der Waals surface area contributed by atoms with Gasteiger partial charge in [-0.2, -0.15) is 0 Å². The molecule has 0 radical (unpaired) electrons. The highest BCUT2D eigenvalue weighted by atomic mass is 16.3. The Morgan fingerprint density at radius 2 is 1.92 bits per heavy atom. The first kappa shape index (κ1) is 11.0. The molecule has 0 aromatic rings. The van der Waals surface area contributed by atoms with E-state index in [0.29, 0.717) is 6.61 Å². The van der Waals surface area contributed by atoms with Gasteiger partial charge in [-0.05, 0) is 32.4 Å². The summed E-state index contributed by atoms with van der Waals surface area (Å²) in [6.45, 7) is 2.58. The van der Waals surface area contributed by atoms with Gasteiger partial charge in [0.25, 0.3) is 0 Å². The van der Waals surface area contributed by atoms with E-state index in [4.69, 9.17) is 5.11 Å². The van der Waals surface area contributed by atoms with Crippen molar-refractivity contribution in [2.45, 2.75) is 38.5 Å². The molecule has 0 aromatic heterocycles. The third-order valence-electron chi connectivity index (χ3n) is 3.09. The number of aliphatic hydroxyl groups is 1. The van der Waals surface area contributed by atoms with Crippen molar-refractivity contribution in [2.75, 3.05) is 26.7 Å². The SMILES string of the molecule is CN(CCCO)CCC1CCCC1. The van der Waals surface area contributed by atoms with Crippen LogP contribution >= 0.6 is 0 Å². The molecule has 1 fully saturated rings. The van der Waals surface area contributed by atoms with Gasteiger partial charge in [-0.25, -0.2) is 0 Å². The summed E-state index contributed by atoms with van der Waals surface area (Å²) in [6.07, 6.45) is 8.08. The number of aliphatic hydroxyl groups excluding tert-OH is 1. The van der Waals surface area contributed by atoms with Crippen molar-refractivity contribution in [1.29, 1.82) is 0 Å². The molecule has 1 N–H and O–H groups in total. The molecule has 2 heteroatoms. The predicted octanol–water partition coefficient (Wildman–Crippen LogP) is 1.88. The minimum Gasteiger partial charge on any atom is -0.396 e. The average molecular weight is 185 g/mol. The van der Waals surface area contributed by atoms with Crippen molar-refractivity contribution >= 4 is 0 Å². The van der Waals surface area contributed by atoms with Gasteiger partial charge in [-0.15, -0.1) is 0 Å². The quantitative estimate of drug-likeness (QED) is 0.683. The number of rotatable bonds is 6. The zero-order valence-electron chi connectivity index (χ0n) is 8.84. The van der Waals surface area contributed by atoms with E-state index in [2.05, 4.69) is 11.9 Å². The molecule has 0 aromatic carbocycles. The Labute approximate surface area is 81.9 Å². The van der Waals surface area contributed by atoms with Crippen LogP contribution in [0, 0.1) is 5.92 Å². The largest absolute Gasteiger partial charge is 0.396 e. The zero-order valence-corrected chi connectivity index (χ0v) is 8.84. The summed E-state index contributed by atoms with van der Waals surface area (Å²) in [6, 6.07) is 0. The number of hydrogen-bond donors (Lipinski definition) is 1. The van der Waals surface area contributed by atoms with Gasteiger partial charge in [0, 0.05) is 13.2 Å². The molecule has 0 saturated heterocycles. The van der Waals surface area contributed by atoms with E-state index in [0.717, 1.165) is 18.9 Å². The first-order valence-electron chi connectivity index (χ1n) is 5.62. The molecule has 1 aliphatic rings. The van der Waals surface area contributed by atoms with Crippen molar-refractivity contribution in [3.05, 3.63) is 0 Å². The smallest absolute Gasteiger partial charge is 0.0443 e. The highest BCUT2D eigenvalue weighted by Crippen LogP contribution is 2.27. The molecule has 0 bridgehead atoms. The topological polar surface area (TPSA) is 23.5 Å². The Hall–Kier alpha value is -0.0800. The lowest BCUT2D eigenvalue weighted by atomic mass is 10.0. The summed E-state index contributed by atoms with van der Waals surface area (Å²) in [4.78, 5) is 2.34. The van der Waals surface area contributed by atoms with E-state index < -0.39 is 0 Å². The molecule has 1 rings (SSSR count). The summed E-state index contributed by atoms with van der Waals surface area (Å²) < 4.78 is 0. The van der Waals surface area contributed by atoms with Crippen LogP contribution in [0.3, 0.4) is 0 Å². The first-order chi connectivity index (χ1) is 6.33. The van der Waals surface area contributed by atoms with E-state index in [1.54, 1.807) is 0 Å². The van der Waals surface area contributed by atoms with Gasteiger partial charge in [-0.1, -0.05) is 25.7 Å². The minimum atomic E-state index is 0.327. The highest BCUT2D eigenvalue weighted by Gasteiger charge is 2.14. The number of hydrogen-bond acceptors (Lipinski definition) is 2. The van der Waals surface area contributed by atoms with Crippen LogP contribution in [0.25, 0.3) is 0 Å². The Morgan fingerprint density at radius 3 is 2.54 bits per heavy atom. The Morgan fingerprint density at radius 1 is 1.23 bits per heavy atom.